The molecule has 0 saturated carbocycles. The van der Waals surface area contributed by atoms with Crippen molar-refractivity contribution in [1.82, 2.24) is 4.98 Å². The third-order valence-electron chi connectivity index (χ3n) is 2.68. The van der Waals surface area contributed by atoms with Gasteiger partial charge in [-0.3, -0.25) is 0 Å². The lowest BCUT2D eigenvalue weighted by Crippen LogP contribution is -2.12. The molecule has 106 valence electrons. The van der Waals surface area contributed by atoms with Gasteiger partial charge in [0.25, 0.3) is 0 Å². The lowest BCUT2D eigenvalue weighted by molar-refractivity contribution is 0.0313. The number of rotatable bonds is 6. The van der Waals surface area contributed by atoms with Crippen LogP contribution in [0.25, 0.3) is 10.9 Å². The van der Waals surface area contributed by atoms with Crippen molar-refractivity contribution in [3.63, 3.8) is 0 Å². The van der Waals surface area contributed by atoms with Crippen molar-refractivity contribution < 1.29 is 14.3 Å². The Morgan fingerprint density at radius 2 is 2.05 bits per heavy atom. The smallest absolute Gasteiger partial charge is 0.357 e. The standard InChI is InChI=1S/C15H16ClNO3/c1-2-7-19-8-9-20-15(18)14-10-12(16)11-5-3-4-6-13(11)17-14/h3-6,10H,2,7-9H2,1H3. The van der Waals surface area contributed by atoms with E-state index in [1.54, 1.807) is 0 Å². The molecule has 4 nitrogen and oxygen atoms in total. The molecule has 0 aliphatic heterocycles. The zero-order chi connectivity index (χ0) is 14.4. The Labute approximate surface area is 122 Å². The fourth-order valence-electron chi connectivity index (χ4n) is 1.75. The molecule has 0 atom stereocenters. The molecule has 2 aromatic rings. The van der Waals surface area contributed by atoms with Crippen LogP contribution in [-0.4, -0.2) is 30.8 Å². The average molecular weight is 294 g/mol. The van der Waals surface area contributed by atoms with Crippen LogP contribution in [0.5, 0.6) is 0 Å². The Kier molecular flexibility index (Phi) is 5.32. The summed E-state index contributed by atoms with van der Waals surface area (Å²) < 4.78 is 10.3. The lowest BCUT2D eigenvalue weighted by Gasteiger charge is -2.06. The number of halogens is 1. The summed E-state index contributed by atoms with van der Waals surface area (Å²) in [5.41, 5.74) is 0.887. The largest absolute Gasteiger partial charge is 0.459 e. The Balaban J connectivity index is 2.03. The number of para-hydroxylation sites is 1. The number of carbonyl (C=O) groups is 1. The van der Waals surface area contributed by atoms with Crippen LogP contribution >= 0.6 is 11.6 Å². The molecule has 2 rings (SSSR count). The number of fused-ring (bicyclic) bond motifs is 1. The first-order valence-corrected chi connectivity index (χ1v) is 6.90. The van der Waals surface area contributed by atoms with Gasteiger partial charge >= 0.3 is 5.97 Å². The molecular formula is C15H16ClNO3. The first-order chi connectivity index (χ1) is 9.72. The number of hydrogen-bond acceptors (Lipinski definition) is 4. The van der Waals surface area contributed by atoms with Crippen LogP contribution in [0.15, 0.2) is 30.3 Å². The maximum Gasteiger partial charge on any atom is 0.357 e. The highest BCUT2D eigenvalue weighted by Crippen LogP contribution is 2.22. The van der Waals surface area contributed by atoms with E-state index in [0.717, 1.165) is 11.8 Å². The number of hydrogen-bond donors (Lipinski definition) is 0. The molecule has 5 heteroatoms. The molecule has 0 aliphatic rings. The predicted molar refractivity (Wildman–Crippen MR) is 78.1 cm³/mol. The molecule has 1 aromatic carbocycles. The molecule has 0 aliphatic carbocycles. The number of ether oxygens (including phenoxy) is 2. The Bertz CT molecular complexity index is 601. The van der Waals surface area contributed by atoms with Gasteiger partial charge in [-0.25, -0.2) is 9.78 Å². The Hall–Kier alpha value is -1.65. The lowest BCUT2D eigenvalue weighted by atomic mass is 10.2. The molecule has 20 heavy (non-hydrogen) atoms. The number of esters is 1. The topological polar surface area (TPSA) is 48.4 Å². The molecule has 1 heterocycles. The highest BCUT2D eigenvalue weighted by molar-refractivity contribution is 6.35. The molecule has 1 aromatic heterocycles. The minimum absolute atomic E-state index is 0.212. The van der Waals surface area contributed by atoms with Gasteiger partial charge in [-0.05, 0) is 18.6 Å². The fraction of sp³-hybridized carbons (Fsp3) is 0.333. The van der Waals surface area contributed by atoms with E-state index in [1.807, 2.05) is 31.2 Å². The maximum absolute atomic E-state index is 11.9. The summed E-state index contributed by atoms with van der Waals surface area (Å²) in [4.78, 5) is 16.1. The van der Waals surface area contributed by atoms with Gasteiger partial charge in [-0.1, -0.05) is 36.7 Å². The molecule has 0 unspecified atom stereocenters. The molecule has 0 fully saturated rings. The SMILES string of the molecule is CCCOCCOC(=O)c1cc(Cl)c2ccccc2n1. The molecule has 0 saturated heterocycles. The molecule has 0 radical (unpaired) electrons. The average Bonchev–Trinajstić information content (AvgIpc) is 2.47. The highest BCUT2D eigenvalue weighted by atomic mass is 35.5. The molecule has 0 N–H and O–H groups in total. The van der Waals surface area contributed by atoms with Crippen LogP contribution < -0.4 is 0 Å². The minimum Gasteiger partial charge on any atom is -0.459 e. The van der Waals surface area contributed by atoms with E-state index in [1.165, 1.54) is 6.07 Å². The minimum atomic E-state index is -0.488. The number of nitrogens with zero attached hydrogens (tertiary/aromatic N) is 1. The van der Waals surface area contributed by atoms with E-state index in [2.05, 4.69) is 4.98 Å². The summed E-state index contributed by atoms with van der Waals surface area (Å²) in [6, 6.07) is 8.91. The summed E-state index contributed by atoms with van der Waals surface area (Å²) in [7, 11) is 0. The van der Waals surface area contributed by atoms with Crippen LogP contribution in [0.3, 0.4) is 0 Å². The number of pyridine rings is 1. The van der Waals surface area contributed by atoms with Gasteiger partial charge in [-0.15, -0.1) is 0 Å². The van der Waals surface area contributed by atoms with Crippen LogP contribution in [0, 0.1) is 0 Å². The molecular weight excluding hydrogens is 278 g/mol. The van der Waals surface area contributed by atoms with Crippen molar-refractivity contribution >= 4 is 28.5 Å². The zero-order valence-electron chi connectivity index (χ0n) is 11.3. The summed E-state index contributed by atoms with van der Waals surface area (Å²) in [6.45, 7) is 3.29. The van der Waals surface area contributed by atoms with Crippen molar-refractivity contribution in [2.45, 2.75) is 13.3 Å². The molecule has 0 amide bonds. The van der Waals surface area contributed by atoms with Crippen LogP contribution in [0.4, 0.5) is 0 Å². The second kappa shape index (κ2) is 7.22. The van der Waals surface area contributed by atoms with Gasteiger partial charge in [0.2, 0.25) is 0 Å². The predicted octanol–water partition coefficient (Wildman–Crippen LogP) is 3.47. The summed E-state index contributed by atoms with van der Waals surface area (Å²) in [5.74, 6) is -0.488. The monoisotopic (exact) mass is 293 g/mol. The third kappa shape index (κ3) is 3.68. The van der Waals surface area contributed by atoms with Gasteiger partial charge in [0, 0.05) is 12.0 Å². The van der Waals surface area contributed by atoms with Crippen LogP contribution in [0.2, 0.25) is 5.02 Å². The van der Waals surface area contributed by atoms with E-state index in [9.17, 15) is 4.79 Å². The number of carbonyl (C=O) groups excluding carboxylic acids is 1. The van der Waals surface area contributed by atoms with Gasteiger partial charge < -0.3 is 9.47 Å². The van der Waals surface area contributed by atoms with Gasteiger partial charge in [0.1, 0.15) is 6.61 Å². The van der Waals surface area contributed by atoms with E-state index in [-0.39, 0.29) is 12.3 Å². The van der Waals surface area contributed by atoms with Gasteiger partial charge in [0.05, 0.1) is 17.1 Å². The van der Waals surface area contributed by atoms with Crippen molar-refractivity contribution in [3.05, 3.63) is 41.0 Å². The third-order valence-corrected chi connectivity index (χ3v) is 3.00. The highest BCUT2D eigenvalue weighted by Gasteiger charge is 2.12. The van der Waals surface area contributed by atoms with E-state index >= 15 is 0 Å². The van der Waals surface area contributed by atoms with Gasteiger partial charge in [0.15, 0.2) is 5.69 Å². The van der Waals surface area contributed by atoms with Crippen molar-refractivity contribution in [1.29, 1.82) is 0 Å². The van der Waals surface area contributed by atoms with E-state index < -0.39 is 5.97 Å². The summed E-state index contributed by atoms with van der Waals surface area (Å²) in [6.07, 6.45) is 0.940. The first-order valence-electron chi connectivity index (χ1n) is 6.52. The van der Waals surface area contributed by atoms with Crippen LogP contribution in [-0.2, 0) is 9.47 Å². The Morgan fingerprint density at radius 1 is 1.25 bits per heavy atom. The quantitative estimate of drug-likeness (QED) is 0.604. The van der Waals surface area contributed by atoms with Crippen molar-refractivity contribution in [3.8, 4) is 0 Å². The molecule has 0 bridgehead atoms. The molecule has 0 spiro atoms. The first kappa shape index (κ1) is 14.8. The fourth-order valence-corrected chi connectivity index (χ4v) is 2.01. The number of aromatic nitrogens is 1. The van der Waals surface area contributed by atoms with Gasteiger partial charge in [-0.2, -0.15) is 0 Å². The second-order valence-corrected chi connectivity index (χ2v) is 4.66. The Morgan fingerprint density at radius 3 is 2.85 bits per heavy atom. The van der Waals surface area contributed by atoms with Crippen molar-refractivity contribution in [2.75, 3.05) is 19.8 Å². The second-order valence-electron chi connectivity index (χ2n) is 4.25. The summed E-state index contributed by atoms with van der Waals surface area (Å²) in [5, 5.41) is 1.31. The number of benzene rings is 1. The van der Waals surface area contributed by atoms with E-state index in [4.69, 9.17) is 21.1 Å². The van der Waals surface area contributed by atoms with Crippen LogP contribution in [0.1, 0.15) is 23.8 Å². The normalized spacial score (nSPS) is 10.7. The zero-order valence-corrected chi connectivity index (χ0v) is 12.0. The van der Waals surface area contributed by atoms with E-state index in [0.29, 0.717) is 23.8 Å². The summed E-state index contributed by atoms with van der Waals surface area (Å²) >= 11 is 6.14. The van der Waals surface area contributed by atoms with Crippen molar-refractivity contribution in [2.24, 2.45) is 0 Å². The maximum atomic E-state index is 11.9.